The third-order valence-corrected chi connectivity index (χ3v) is 8.86. The first-order chi connectivity index (χ1) is 17.5. The number of hydrogen-bond donors (Lipinski definition) is 0. The predicted octanol–water partition coefficient (Wildman–Crippen LogP) is 5.28. The molecule has 0 fully saturated rings. The maximum absolute atomic E-state index is 12.2. The van der Waals surface area contributed by atoms with E-state index in [4.69, 9.17) is 17.0 Å². The van der Waals surface area contributed by atoms with Crippen LogP contribution in [0.3, 0.4) is 0 Å². The molecule has 0 aliphatic rings. The fourth-order valence-electron chi connectivity index (χ4n) is 3.03. The molecule has 0 atom stereocenters. The van der Waals surface area contributed by atoms with E-state index in [0.29, 0.717) is 11.1 Å². The van der Waals surface area contributed by atoms with Crippen LogP contribution in [0, 0.1) is 0 Å². The molecule has 0 unspecified atom stereocenters. The topological polar surface area (TPSA) is 104 Å². The van der Waals surface area contributed by atoms with Gasteiger partial charge in [0.05, 0.1) is 23.0 Å². The lowest BCUT2D eigenvalue weighted by atomic mass is 10.1. The van der Waals surface area contributed by atoms with Crippen LogP contribution in [-0.2, 0) is 33.9 Å². The van der Waals surface area contributed by atoms with E-state index in [0.717, 1.165) is 11.1 Å². The van der Waals surface area contributed by atoms with Gasteiger partial charge in [0.25, 0.3) is 0 Å². The molecule has 3 aromatic carbocycles. The lowest BCUT2D eigenvalue weighted by Crippen LogP contribution is -2.18. The maximum Gasteiger partial charge on any atom is 0.321 e. The summed E-state index contributed by atoms with van der Waals surface area (Å²) in [6.07, 6.45) is 0. The Morgan fingerprint density at radius 2 is 1.30 bits per heavy atom. The summed E-state index contributed by atoms with van der Waals surface area (Å²) in [5.74, 6) is -1.62. The summed E-state index contributed by atoms with van der Waals surface area (Å²) in [5.41, 5.74) is 2.02. The Morgan fingerprint density at radius 3 is 1.86 bits per heavy atom. The number of esters is 1. The zero-order chi connectivity index (χ0) is 27.5. The molecule has 3 aromatic rings. The average molecular weight is 628 g/mol. The van der Waals surface area contributed by atoms with Crippen molar-refractivity contribution in [2.75, 3.05) is 24.7 Å². The summed E-state index contributed by atoms with van der Waals surface area (Å²) >= 11 is 8.07. The standard InChI is InChI=1S/C16H16O3S2.C10H11BrO4S/c1-2-19-16(20)12-21(17,18)15-10-8-14(9-11-15)13-6-4-3-5-7-13;1-2-15-10(12)7-16(13,14)9-5-3-4-8(11)6-9/h3-11H,2,12H2,1H3;3-6H,2,7H2,1H3. The largest absolute Gasteiger partial charge is 0.486 e. The molecule has 0 amide bonds. The molecule has 37 heavy (non-hydrogen) atoms. The van der Waals surface area contributed by atoms with Gasteiger partial charge in [0.1, 0.15) is 5.75 Å². The minimum atomic E-state index is -3.61. The summed E-state index contributed by atoms with van der Waals surface area (Å²) in [5, 5.41) is 0.102. The Kier molecular flexibility index (Phi) is 11.9. The average Bonchev–Trinajstić information content (AvgIpc) is 2.85. The number of benzene rings is 3. The number of carbonyl (C=O) groups excluding carboxylic acids is 1. The Morgan fingerprint density at radius 1 is 0.730 bits per heavy atom. The van der Waals surface area contributed by atoms with Crippen molar-refractivity contribution in [3.63, 3.8) is 0 Å². The van der Waals surface area contributed by atoms with Crippen LogP contribution in [-0.4, -0.2) is 52.6 Å². The van der Waals surface area contributed by atoms with Gasteiger partial charge in [-0.25, -0.2) is 16.8 Å². The summed E-state index contributed by atoms with van der Waals surface area (Å²) in [6.45, 7) is 3.95. The second-order valence-electron chi connectivity index (χ2n) is 7.48. The van der Waals surface area contributed by atoms with Crippen molar-refractivity contribution in [1.29, 1.82) is 0 Å². The molecule has 7 nitrogen and oxygen atoms in total. The molecule has 3 rings (SSSR count). The van der Waals surface area contributed by atoms with Gasteiger partial charge in [-0.05, 0) is 67.5 Å². The maximum atomic E-state index is 12.2. The molecule has 0 aliphatic carbocycles. The molecule has 0 radical (unpaired) electrons. The molecule has 0 aliphatic heterocycles. The van der Waals surface area contributed by atoms with E-state index in [-0.39, 0.29) is 27.2 Å². The second kappa shape index (κ2) is 14.4. The molecule has 0 bridgehead atoms. The Labute approximate surface area is 231 Å². The lowest BCUT2D eigenvalue weighted by molar-refractivity contribution is -0.139. The van der Waals surface area contributed by atoms with E-state index in [1.807, 2.05) is 30.3 Å². The van der Waals surface area contributed by atoms with Gasteiger partial charge in [-0.15, -0.1) is 0 Å². The first-order valence-electron chi connectivity index (χ1n) is 11.2. The van der Waals surface area contributed by atoms with Crippen molar-refractivity contribution in [2.24, 2.45) is 0 Å². The Balaban J connectivity index is 0.000000271. The first-order valence-corrected chi connectivity index (χ1v) is 15.7. The third-order valence-electron chi connectivity index (χ3n) is 4.70. The van der Waals surface area contributed by atoms with E-state index in [1.54, 1.807) is 50.2 Å². The van der Waals surface area contributed by atoms with Crippen LogP contribution in [0.2, 0.25) is 0 Å². The van der Waals surface area contributed by atoms with Gasteiger partial charge in [0.15, 0.2) is 30.5 Å². The third kappa shape index (κ3) is 9.99. The number of hydrogen-bond acceptors (Lipinski definition) is 8. The van der Waals surface area contributed by atoms with Gasteiger partial charge in [0.2, 0.25) is 0 Å². The molecular formula is C26H27BrO7S3. The quantitative estimate of drug-likeness (QED) is 0.233. The van der Waals surface area contributed by atoms with Crippen LogP contribution in [0.5, 0.6) is 0 Å². The van der Waals surface area contributed by atoms with Crippen molar-refractivity contribution in [2.45, 2.75) is 23.6 Å². The zero-order valence-electron chi connectivity index (χ0n) is 20.3. The molecule has 0 aromatic heterocycles. The highest BCUT2D eigenvalue weighted by Crippen LogP contribution is 2.22. The molecular weight excluding hydrogens is 600 g/mol. The summed E-state index contributed by atoms with van der Waals surface area (Å²) in [7, 11) is -7.06. The van der Waals surface area contributed by atoms with E-state index in [2.05, 4.69) is 20.7 Å². The highest BCUT2D eigenvalue weighted by molar-refractivity contribution is 9.10. The van der Waals surface area contributed by atoms with Gasteiger partial charge < -0.3 is 9.47 Å². The number of carbonyl (C=O) groups is 1. The number of thiocarbonyl (C=S) groups is 1. The molecule has 11 heteroatoms. The molecule has 0 saturated heterocycles. The smallest absolute Gasteiger partial charge is 0.321 e. The second-order valence-corrected chi connectivity index (χ2v) is 12.8. The van der Waals surface area contributed by atoms with Crippen molar-refractivity contribution in [3.05, 3.63) is 83.3 Å². The van der Waals surface area contributed by atoms with Crippen molar-refractivity contribution in [3.8, 4) is 11.1 Å². The predicted molar refractivity (Wildman–Crippen MR) is 151 cm³/mol. The van der Waals surface area contributed by atoms with Crippen LogP contribution < -0.4 is 0 Å². The van der Waals surface area contributed by atoms with Gasteiger partial charge >= 0.3 is 5.97 Å². The number of halogens is 1. The first kappa shape index (κ1) is 30.6. The van der Waals surface area contributed by atoms with E-state index in [1.165, 1.54) is 12.1 Å². The molecule has 0 spiro atoms. The van der Waals surface area contributed by atoms with Crippen LogP contribution in [0.25, 0.3) is 11.1 Å². The zero-order valence-corrected chi connectivity index (χ0v) is 24.3. The van der Waals surface area contributed by atoms with E-state index < -0.39 is 31.4 Å². The van der Waals surface area contributed by atoms with Crippen LogP contribution >= 0.6 is 28.1 Å². The monoisotopic (exact) mass is 626 g/mol. The minimum absolute atomic E-state index is 0.102. The normalized spacial score (nSPS) is 11.1. The fourth-order valence-corrected chi connectivity index (χ4v) is 6.43. The van der Waals surface area contributed by atoms with Crippen LogP contribution in [0.1, 0.15) is 13.8 Å². The number of rotatable bonds is 9. The SMILES string of the molecule is CCOC(=O)CS(=O)(=O)c1cccc(Br)c1.CCOC(=S)CS(=O)(=O)c1ccc(-c2ccccc2)cc1. The van der Waals surface area contributed by atoms with Crippen molar-refractivity contribution >= 4 is 58.8 Å². The highest BCUT2D eigenvalue weighted by atomic mass is 79.9. The van der Waals surface area contributed by atoms with Crippen molar-refractivity contribution in [1.82, 2.24) is 0 Å². The summed E-state index contributed by atoms with van der Waals surface area (Å²) < 4.78 is 58.2. The lowest BCUT2D eigenvalue weighted by Gasteiger charge is -2.07. The van der Waals surface area contributed by atoms with Gasteiger partial charge in [-0.3, -0.25) is 4.79 Å². The molecule has 0 heterocycles. The number of ether oxygens (including phenoxy) is 2. The Hall–Kier alpha value is -2.60. The Bertz CT molecular complexity index is 1400. The van der Waals surface area contributed by atoms with Crippen LogP contribution in [0.15, 0.2) is 93.1 Å². The van der Waals surface area contributed by atoms with Crippen LogP contribution in [0.4, 0.5) is 0 Å². The highest BCUT2D eigenvalue weighted by Gasteiger charge is 2.20. The number of sulfone groups is 2. The van der Waals surface area contributed by atoms with E-state index in [9.17, 15) is 21.6 Å². The fraction of sp³-hybridized carbons (Fsp3) is 0.231. The molecule has 0 saturated carbocycles. The summed E-state index contributed by atoms with van der Waals surface area (Å²) in [4.78, 5) is 11.5. The minimum Gasteiger partial charge on any atom is -0.486 e. The van der Waals surface area contributed by atoms with Gasteiger partial charge in [0, 0.05) is 4.47 Å². The van der Waals surface area contributed by atoms with Crippen molar-refractivity contribution < 1.29 is 31.1 Å². The molecule has 0 N–H and O–H groups in total. The van der Waals surface area contributed by atoms with E-state index >= 15 is 0 Å². The van der Waals surface area contributed by atoms with Gasteiger partial charge in [-0.1, -0.05) is 64.5 Å². The molecule has 198 valence electrons. The summed E-state index contributed by atoms with van der Waals surface area (Å²) in [6, 6.07) is 22.8. The van der Waals surface area contributed by atoms with Gasteiger partial charge in [-0.2, -0.15) is 0 Å².